The third-order valence-electron chi connectivity index (χ3n) is 4.00. The van der Waals surface area contributed by atoms with E-state index in [1.165, 1.54) is 77.0 Å². The molecule has 132 valence electrons. The Morgan fingerprint density at radius 3 is 1.41 bits per heavy atom. The number of rotatable bonds is 17. The summed E-state index contributed by atoms with van der Waals surface area (Å²) < 4.78 is 0. The molecule has 0 spiro atoms. The lowest BCUT2D eigenvalue weighted by Gasteiger charge is -2.04. The fourth-order valence-corrected chi connectivity index (χ4v) is 2.96. The molecule has 0 radical (unpaired) electrons. The second-order valence-corrected chi connectivity index (χ2v) is 7.04. The van der Waals surface area contributed by atoms with E-state index in [0.717, 1.165) is 17.9 Å². The van der Waals surface area contributed by atoms with Crippen LogP contribution in [-0.2, 0) is 4.79 Å². The molecule has 0 aliphatic rings. The first-order valence-corrected chi connectivity index (χ1v) is 10.6. The summed E-state index contributed by atoms with van der Waals surface area (Å²) in [6.07, 6.45) is 17.9. The fraction of sp³-hybridized carbons (Fsp3) is 0.944. The van der Waals surface area contributed by atoms with Gasteiger partial charge < -0.3 is 5.32 Å². The highest BCUT2D eigenvalue weighted by molar-refractivity contribution is 7.80. The van der Waals surface area contributed by atoms with Gasteiger partial charge in [0.1, 0.15) is 0 Å². The number of hydrogen-bond donors (Lipinski definition) is 3. The van der Waals surface area contributed by atoms with Crippen LogP contribution in [0.2, 0.25) is 0 Å². The Labute approximate surface area is 149 Å². The van der Waals surface area contributed by atoms with Gasteiger partial charge in [-0.2, -0.15) is 25.3 Å². The predicted octanol–water partition coefficient (Wildman–Crippen LogP) is 5.42. The van der Waals surface area contributed by atoms with Gasteiger partial charge in [0.2, 0.25) is 5.91 Å². The van der Waals surface area contributed by atoms with Crippen LogP contribution >= 0.6 is 25.3 Å². The van der Waals surface area contributed by atoms with Crippen molar-refractivity contribution in [3.63, 3.8) is 0 Å². The largest absolute Gasteiger partial charge is 0.355 e. The van der Waals surface area contributed by atoms with Gasteiger partial charge >= 0.3 is 0 Å². The average molecular weight is 348 g/mol. The van der Waals surface area contributed by atoms with Crippen LogP contribution in [0.15, 0.2) is 0 Å². The van der Waals surface area contributed by atoms with Gasteiger partial charge in [-0.3, -0.25) is 4.79 Å². The first-order valence-electron chi connectivity index (χ1n) is 9.29. The van der Waals surface area contributed by atoms with E-state index in [-0.39, 0.29) is 5.91 Å². The molecular weight excluding hydrogens is 310 g/mol. The van der Waals surface area contributed by atoms with E-state index in [4.69, 9.17) is 0 Å². The molecule has 0 atom stereocenters. The van der Waals surface area contributed by atoms with E-state index in [0.29, 0.717) is 13.0 Å². The highest BCUT2D eigenvalue weighted by atomic mass is 32.1. The Hall–Kier alpha value is 0.170. The highest BCUT2D eigenvalue weighted by Crippen LogP contribution is 2.13. The summed E-state index contributed by atoms with van der Waals surface area (Å²) in [5.41, 5.74) is 0. The van der Waals surface area contributed by atoms with E-state index < -0.39 is 0 Å². The van der Waals surface area contributed by atoms with E-state index >= 15 is 0 Å². The summed E-state index contributed by atoms with van der Waals surface area (Å²) >= 11 is 8.31. The highest BCUT2D eigenvalue weighted by Gasteiger charge is 1.99. The van der Waals surface area contributed by atoms with Crippen LogP contribution in [0.5, 0.6) is 0 Å². The smallest absolute Gasteiger partial charge is 0.220 e. The lowest BCUT2D eigenvalue weighted by Crippen LogP contribution is -2.24. The van der Waals surface area contributed by atoms with E-state index in [1.807, 2.05) is 0 Å². The van der Waals surface area contributed by atoms with Crippen LogP contribution in [0.1, 0.15) is 89.9 Å². The van der Waals surface area contributed by atoms with Crippen molar-refractivity contribution in [3.05, 3.63) is 0 Å². The number of carbonyl (C=O) groups is 1. The lowest BCUT2D eigenvalue weighted by atomic mass is 10.0. The molecule has 1 amide bonds. The molecule has 0 rings (SSSR count). The van der Waals surface area contributed by atoms with Gasteiger partial charge in [-0.15, -0.1) is 0 Å². The van der Waals surface area contributed by atoms with E-state index in [9.17, 15) is 4.79 Å². The maximum Gasteiger partial charge on any atom is 0.220 e. The Balaban J connectivity index is 3.04. The van der Waals surface area contributed by atoms with Crippen molar-refractivity contribution in [2.75, 3.05) is 18.1 Å². The van der Waals surface area contributed by atoms with Crippen molar-refractivity contribution in [2.24, 2.45) is 0 Å². The van der Waals surface area contributed by atoms with Crippen molar-refractivity contribution in [2.45, 2.75) is 89.9 Å². The molecule has 0 bridgehead atoms. The molecule has 2 nitrogen and oxygen atoms in total. The minimum absolute atomic E-state index is 0.184. The van der Waals surface area contributed by atoms with Gasteiger partial charge in [-0.1, -0.05) is 70.6 Å². The minimum atomic E-state index is 0.184. The van der Waals surface area contributed by atoms with Gasteiger partial charge in [-0.25, -0.2) is 0 Å². The molecule has 0 aromatic rings. The molecular formula is C18H37NOS2. The van der Waals surface area contributed by atoms with Crippen molar-refractivity contribution < 1.29 is 4.79 Å². The molecule has 0 heterocycles. The second-order valence-electron chi connectivity index (χ2n) is 6.14. The molecule has 0 saturated carbocycles. The third kappa shape index (κ3) is 18.2. The zero-order valence-electron chi connectivity index (χ0n) is 14.3. The number of unbranched alkanes of at least 4 members (excludes halogenated alkanes) is 12. The summed E-state index contributed by atoms with van der Waals surface area (Å²) in [5, 5.41) is 2.86. The number of amides is 1. The Kier molecular flexibility index (Phi) is 19.4. The number of carbonyl (C=O) groups excluding carboxylic acids is 1. The average Bonchev–Trinajstić information content (AvgIpc) is 2.53. The van der Waals surface area contributed by atoms with Gasteiger partial charge in [0, 0.05) is 18.7 Å². The van der Waals surface area contributed by atoms with Crippen LogP contribution < -0.4 is 5.32 Å². The Morgan fingerprint density at radius 1 is 0.591 bits per heavy atom. The zero-order valence-corrected chi connectivity index (χ0v) is 16.1. The SMILES string of the molecule is O=C(CCCCCCCCCCCCCCCS)NCCS. The Bertz CT molecular complexity index is 237. The molecule has 1 N–H and O–H groups in total. The monoisotopic (exact) mass is 347 g/mol. The molecule has 0 unspecified atom stereocenters. The van der Waals surface area contributed by atoms with E-state index in [1.54, 1.807) is 0 Å². The van der Waals surface area contributed by atoms with Crippen molar-refractivity contribution in [3.8, 4) is 0 Å². The van der Waals surface area contributed by atoms with Crippen molar-refractivity contribution in [1.82, 2.24) is 5.32 Å². The molecule has 0 aliphatic heterocycles. The van der Waals surface area contributed by atoms with Gasteiger partial charge in [0.05, 0.1) is 0 Å². The molecule has 0 fully saturated rings. The van der Waals surface area contributed by atoms with Crippen LogP contribution in [0.3, 0.4) is 0 Å². The van der Waals surface area contributed by atoms with Crippen LogP contribution in [0, 0.1) is 0 Å². The first-order chi connectivity index (χ1) is 10.8. The quantitative estimate of drug-likeness (QED) is 0.238. The van der Waals surface area contributed by atoms with Gasteiger partial charge in [0.15, 0.2) is 0 Å². The summed E-state index contributed by atoms with van der Waals surface area (Å²) in [6, 6.07) is 0. The van der Waals surface area contributed by atoms with Crippen LogP contribution in [-0.4, -0.2) is 24.0 Å². The maximum atomic E-state index is 11.4. The van der Waals surface area contributed by atoms with E-state index in [2.05, 4.69) is 30.6 Å². The summed E-state index contributed by atoms with van der Waals surface area (Å²) in [7, 11) is 0. The molecule has 22 heavy (non-hydrogen) atoms. The van der Waals surface area contributed by atoms with Gasteiger partial charge in [-0.05, 0) is 18.6 Å². The van der Waals surface area contributed by atoms with Crippen molar-refractivity contribution in [1.29, 1.82) is 0 Å². The Morgan fingerprint density at radius 2 is 1.00 bits per heavy atom. The fourth-order valence-electron chi connectivity index (χ4n) is 2.63. The number of nitrogens with one attached hydrogen (secondary N) is 1. The minimum Gasteiger partial charge on any atom is -0.355 e. The molecule has 0 aromatic carbocycles. The predicted molar refractivity (Wildman–Crippen MR) is 105 cm³/mol. The molecule has 4 heteroatoms. The zero-order chi connectivity index (χ0) is 16.3. The lowest BCUT2D eigenvalue weighted by molar-refractivity contribution is -0.121. The maximum absolute atomic E-state index is 11.4. The standard InChI is InChI=1S/C18H37NOS2/c20-18(19-15-17-22)14-12-10-8-6-4-2-1-3-5-7-9-11-13-16-21/h21-22H,1-17H2,(H,19,20). The normalized spacial score (nSPS) is 10.8. The number of hydrogen-bond acceptors (Lipinski definition) is 3. The third-order valence-corrected chi connectivity index (χ3v) is 4.54. The van der Waals surface area contributed by atoms with Gasteiger partial charge in [0.25, 0.3) is 0 Å². The molecule has 0 aromatic heterocycles. The van der Waals surface area contributed by atoms with Crippen LogP contribution in [0.25, 0.3) is 0 Å². The topological polar surface area (TPSA) is 29.1 Å². The second kappa shape index (κ2) is 19.2. The first kappa shape index (κ1) is 22.2. The molecule has 0 saturated heterocycles. The van der Waals surface area contributed by atoms with Crippen LogP contribution in [0.4, 0.5) is 0 Å². The number of thiol groups is 2. The summed E-state index contributed by atoms with van der Waals surface area (Å²) in [5.74, 6) is 1.95. The summed E-state index contributed by atoms with van der Waals surface area (Å²) in [6.45, 7) is 0.692. The summed E-state index contributed by atoms with van der Waals surface area (Å²) in [4.78, 5) is 11.4. The molecule has 0 aliphatic carbocycles. The van der Waals surface area contributed by atoms with Crippen molar-refractivity contribution >= 4 is 31.2 Å².